The number of carbonyl (C=O) groups excluding carboxylic acids is 1. The zero-order valence-electron chi connectivity index (χ0n) is 11.0. The lowest BCUT2D eigenvalue weighted by molar-refractivity contribution is -0.126. The standard InChI is InChI=1S/C11H20N4O3/c1-4-15-11(12-8-13-15)9(2)14-10(16)7-18-6-5-17-3/h8-9H,4-7H2,1-3H3,(H,14,16). The van der Waals surface area contributed by atoms with E-state index in [1.807, 2.05) is 13.8 Å². The van der Waals surface area contributed by atoms with Crippen molar-refractivity contribution in [3.8, 4) is 0 Å². The second-order valence-electron chi connectivity index (χ2n) is 3.77. The molecule has 1 unspecified atom stereocenters. The molecule has 102 valence electrons. The highest BCUT2D eigenvalue weighted by molar-refractivity contribution is 5.77. The molecule has 0 aliphatic rings. The predicted molar refractivity (Wildman–Crippen MR) is 64.9 cm³/mol. The minimum Gasteiger partial charge on any atom is -0.382 e. The number of amides is 1. The first-order valence-corrected chi connectivity index (χ1v) is 5.92. The molecule has 0 radical (unpaired) electrons. The summed E-state index contributed by atoms with van der Waals surface area (Å²) >= 11 is 0. The molecule has 1 aromatic heterocycles. The topological polar surface area (TPSA) is 78.3 Å². The van der Waals surface area contributed by atoms with E-state index in [2.05, 4.69) is 15.4 Å². The Kier molecular flexibility index (Phi) is 6.31. The van der Waals surface area contributed by atoms with E-state index >= 15 is 0 Å². The summed E-state index contributed by atoms with van der Waals surface area (Å²) in [7, 11) is 1.59. The van der Waals surface area contributed by atoms with Gasteiger partial charge in [-0.25, -0.2) is 9.67 Å². The minimum absolute atomic E-state index is 0.0218. The second kappa shape index (κ2) is 7.78. The Labute approximate surface area is 106 Å². The van der Waals surface area contributed by atoms with Crippen LogP contribution in [0.25, 0.3) is 0 Å². The molecule has 7 nitrogen and oxygen atoms in total. The van der Waals surface area contributed by atoms with E-state index in [4.69, 9.17) is 9.47 Å². The van der Waals surface area contributed by atoms with E-state index in [0.717, 1.165) is 12.4 Å². The molecule has 0 aliphatic heterocycles. The van der Waals surface area contributed by atoms with Crippen LogP contribution in [0.1, 0.15) is 25.7 Å². The summed E-state index contributed by atoms with van der Waals surface area (Å²) in [6, 6.07) is -0.189. The molecule has 1 atom stereocenters. The van der Waals surface area contributed by atoms with Crippen molar-refractivity contribution in [3.05, 3.63) is 12.2 Å². The molecule has 1 amide bonds. The Morgan fingerprint density at radius 3 is 3.00 bits per heavy atom. The number of nitrogens with one attached hydrogen (secondary N) is 1. The lowest BCUT2D eigenvalue weighted by Crippen LogP contribution is -2.32. The monoisotopic (exact) mass is 256 g/mol. The maximum absolute atomic E-state index is 11.6. The van der Waals surface area contributed by atoms with Crippen molar-refractivity contribution in [2.75, 3.05) is 26.9 Å². The van der Waals surface area contributed by atoms with Crippen LogP contribution in [-0.2, 0) is 20.8 Å². The number of methoxy groups -OCH3 is 1. The molecular formula is C11H20N4O3. The molecular weight excluding hydrogens is 236 g/mol. The van der Waals surface area contributed by atoms with Gasteiger partial charge >= 0.3 is 0 Å². The van der Waals surface area contributed by atoms with Crippen LogP contribution >= 0.6 is 0 Å². The van der Waals surface area contributed by atoms with Crippen molar-refractivity contribution in [1.29, 1.82) is 0 Å². The maximum atomic E-state index is 11.6. The van der Waals surface area contributed by atoms with E-state index in [0.29, 0.717) is 13.2 Å². The largest absolute Gasteiger partial charge is 0.382 e. The zero-order chi connectivity index (χ0) is 13.4. The Morgan fingerprint density at radius 1 is 1.56 bits per heavy atom. The second-order valence-corrected chi connectivity index (χ2v) is 3.77. The summed E-state index contributed by atoms with van der Waals surface area (Å²) in [6.45, 7) is 5.47. The third kappa shape index (κ3) is 4.42. The van der Waals surface area contributed by atoms with Gasteiger partial charge in [-0.2, -0.15) is 5.10 Å². The SMILES string of the molecule is CCn1ncnc1C(C)NC(=O)COCCOC. The molecule has 0 saturated carbocycles. The number of hydrogen-bond donors (Lipinski definition) is 1. The first kappa shape index (κ1) is 14.6. The highest BCUT2D eigenvalue weighted by Crippen LogP contribution is 2.07. The van der Waals surface area contributed by atoms with Gasteiger partial charge in [0, 0.05) is 13.7 Å². The molecule has 1 aromatic rings. The molecule has 18 heavy (non-hydrogen) atoms. The van der Waals surface area contributed by atoms with Gasteiger partial charge < -0.3 is 14.8 Å². The molecule has 0 bridgehead atoms. The van der Waals surface area contributed by atoms with Gasteiger partial charge in [0.25, 0.3) is 0 Å². The van der Waals surface area contributed by atoms with Gasteiger partial charge in [0.2, 0.25) is 5.91 Å². The molecule has 1 N–H and O–H groups in total. The van der Waals surface area contributed by atoms with Gasteiger partial charge in [0.1, 0.15) is 18.8 Å². The van der Waals surface area contributed by atoms with Crippen LogP contribution in [0.3, 0.4) is 0 Å². The summed E-state index contributed by atoms with van der Waals surface area (Å²) < 4.78 is 11.7. The number of aromatic nitrogens is 3. The highest BCUT2D eigenvalue weighted by Gasteiger charge is 2.14. The third-order valence-electron chi connectivity index (χ3n) is 2.37. The maximum Gasteiger partial charge on any atom is 0.246 e. The number of aryl methyl sites for hydroxylation is 1. The minimum atomic E-state index is -0.189. The van der Waals surface area contributed by atoms with Crippen molar-refractivity contribution in [1.82, 2.24) is 20.1 Å². The smallest absolute Gasteiger partial charge is 0.246 e. The average Bonchev–Trinajstić information content (AvgIpc) is 2.83. The Balaban J connectivity index is 2.35. The van der Waals surface area contributed by atoms with E-state index in [9.17, 15) is 4.79 Å². The first-order chi connectivity index (χ1) is 8.69. The van der Waals surface area contributed by atoms with Gasteiger partial charge in [-0.05, 0) is 13.8 Å². The van der Waals surface area contributed by atoms with Crippen LogP contribution < -0.4 is 5.32 Å². The highest BCUT2D eigenvalue weighted by atomic mass is 16.5. The summed E-state index contributed by atoms with van der Waals surface area (Å²) in [6.07, 6.45) is 1.48. The fourth-order valence-corrected chi connectivity index (χ4v) is 1.51. The van der Waals surface area contributed by atoms with Gasteiger partial charge in [-0.15, -0.1) is 0 Å². The number of rotatable bonds is 8. The summed E-state index contributed by atoms with van der Waals surface area (Å²) in [4.78, 5) is 15.7. The molecule has 0 aliphatic carbocycles. The molecule has 0 spiro atoms. The van der Waals surface area contributed by atoms with Crippen LogP contribution in [0.2, 0.25) is 0 Å². The molecule has 7 heteroatoms. The van der Waals surface area contributed by atoms with Gasteiger partial charge in [0.15, 0.2) is 0 Å². The van der Waals surface area contributed by atoms with Crippen LogP contribution in [0.4, 0.5) is 0 Å². The van der Waals surface area contributed by atoms with Crippen molar-refractivity contribution in [2.45, 2.75) is 26.4 Å². The molecule has 1 rings (SSSR count). The lowest BCUT2D eigenvalue weighted by atomic mass is 10.3. The Hall–Kier alpha value is -1.47. The van der Waals surface area contributed by atoms with Crippen molar-refractivity contribution in [3.63, 3.8) is 0 Å². The van der Waals surface area contributed by atoms with Gasteiger partial charge in [-0.1, -0.05) is 0 Å². The number of nitrogens with zero attached hydrogens (tertiary/aromatic N) is 3. The normalized spacial score (nSPS) is 12.4. The van der Waals surface area contributed by atoms with Crippen LogP contribution in [0.15, 0.2) is 6.33 Å². The van der Waals surface area contributed by atoms with Crippen LogP contribution in [-0.4, -0.2) is 47.6 Å². The Morgan fingerprint density at radius 2 is 2.33 bits per heavy atom. The number of hydrogen-bond acceptors (Lipinski definition) is 5. The van der Waals surface area contributed by atoms with Crippen molar-refractivity contribution >= 4 is 5.91 Å². The third-order valence-corrected chi connectivity index (χ3v) is 2.37. The van der Waals surface area contributed by atoms with E-state index in [-0.39, 0.29) is 18.6 Å². The van der Waals surface area contributed by atoms with Crippen LogP contribution in [0, 0.1) is 0 Å². The molecule has 0 fully saturated rings. The molecule has 0 aromatic carbocycles. The summed E-state index contributed by atoms with van der Waals surface area (Å²) in [5.74, 6) is 0.562. The lowest BCUT2D eigenvalue weighted by Gasteiger charge is -2.13. The predicted octanol–water partition coefficient (Wildman–Crippen LogP) is 0.138. The number of carbonyl (C=O) groups is 1. The first-order valence-electron chi connectivity index (χ1n) is 5.92. The summed E-state index contributed by atoms with van der Waals surface area (Å²) in [5, 5.41) is 6.86. The zero-order valence-corrected chi connectivity index (χ0v) is 11.0. The van der Waals surface area contributed by atoms with Gasteiger partial charge in [-0.3, -0.25) is 4.79 Å². The van der Waals surface area contributed by atoms with E-state index in [1.54, 1.807) is 11.8 Å². The number of ether oxygens (including phenoxy) is 2. The fraction of sp³-hybridized carbons (Fsp3) is 0.727. The summed E-state index contributed by atoms with van der Waals surface area (Å²) in [5.41, 5.74) is 0. The Bertz CT molecular complexity index is 367. The van der Waals surface area contributed by atoms with Crippen molar-refractivity contribution < 1.29 is 14.3 Å². The average molecular weight is 256 g/mol. The van der Waals surface area contributed by atoms with E-state index < -0.39 is 0 Å². The van der Waals surface area contributed by atoms with Crippen molar-refractivity contribution in [2.24, 2.45) is 0 Å². The van der Waals surface area contributed by atoms with E-state index in [1.165, 1.54) is 6.33 Å². The molecule has 0 saturated heterocycles. The molecule has 1 heterocycles. The quantitative estimate of drug-likeness (QED) is 0.669. The fourth-order valence-electron chi connectivity index (χ4n) is 1.51. The van der Waals surface area contributed by atoms with Gasteiger partial charge in [0.05, 0.1) is 19.3 Å². The van der Waals surface area contributed by atoms with Crippen LogP contribution in [0.5, 0.6) is 0 Å².